The van der Waals surface area contributed by atoms with Gasteiger partial charge in [0, 0.05) is 5.56 Å². The molecule has 0 saturated carbocycles. The second-order valence-electron chi connectivity index (χ2n) is 6.31. The van der Waals surface area contributed by atoms with Crippen LogP contribution in [0.2, 0.25) is 0 Å². The number of carbonyl (C=O) groups is 1. The minimum Gasteiger partial charge on any atom is -0.496 e. The van der Waals surface area contributed by atoms with Crippen LogP contribution in [0.15, 0.2) is 54.6 Å². The Hall–Kier alpha value is -3.09. The minimum atomic E-state index is -0.688. The number of amides is 1. The van der Waals surface area contributed by atoms with Crippen LogP contribution >= 0.6 is 0 Å². The number of aliphatic hydroxyl groups excluding tert-OH is 2. The van der Waals surface area contributed by atoms with E-state index in [1.165, 1.54) is 0 Å². The molecule has 0 radical (unpaired) electrons. The van der Waals surface area contributed by atoms with E-state index in [0.717, 1.165) is 21.9 Å². The predicted molar refractivity (Wildman–Crippen MR) is 108 cm³/mol. The summed E-state index contributed by atoms with van der Waals surface area (Å²) in [5.41, 5.74) is 2.22. The number of hydrogen-bond donors (Lipinski definition) is 3. The summed E-state index contributed by atoms with van der Waals surface area (Å²) in [5.74, 6) is 1.04. The van der Waals surface area contributed by atoms with Crippen molar-refractivity contribution in [3.8, 4) is 22.6 Å². The molecule has 3 N–H and O–H groups in total. The summed E-state index contributed by atoms with van der Waals surface area (Å²) in [6, 6.07) is 16.1. The molecule has 6 heteroatoms. The van der Waals surface area contributed by atoms with Gasteiger partial charge in [-0.25, -0.2) is 0 Å². The number of rotatable bonds is 7. The van der Waals surface area contributed by atoms with Crippen LogP contribution in [0.1, 0.15) is 10.4 Å². The maximum Gasteiger partial charge on any atom is 0.251 e. The molecule has 3 aromatic rings. The lowest BCUT2D eigenvalue weighted by molar-refractivity contribution is 0.0879. The fraction of sp³-hybridized carbons (Fsp3) is 0.227. The van der Waals surface area contributed by atoms with Crippen LogP contribution in [-0.4, -0.2) is 49.6 Å². The Kier molecular flexibility index (Phi) is 6.13. The molecule has 0 aliphatic heterocycles. The molecule has 0 aliphatic rings. The molecular formula is C22H23NO5. The maximum atomic E-state index is 12.4. The predicted octanol–water partition coefficient (Wildman–Crippen LogP) is 2.61. The molecule has 0 unspecified atom stereocenters. The van der Waals surface area contributed by atoms with E-state index in [4.69, 9.17) is 19.7 Å². The summed E-state index contributed by atoms with van der Waals surface area (Å²) in [5, 5.41) is 22.7. The maximum absolute atomic E-state index is 12.4. The summed E-state index contributed by atoms with van der Waals surface area (Å²) in [4.78, 5) is 12.4. The average molecular weight is 381 g/mol. The highest BCUT2D eigenvalue weighted by molar-refractivity contribution is 6.04. The average Bonchev–Trinajstić information content (AvgIpc) is 2.75. The van der Waals surface area contributed by atoms with Gasteiger partial charge < -0.3 is 25.0 Å². The lowest BCUT2D eigenvalue weighted by Crippen LogP contribution is -2.40. The van der Waals surface area contributed by atoms with Crippen molar-refractivity contribution in [2.75, 3.05) is 27.4 Å². The Balaban J connectivity index is 2.08. The normalized spacial score (nSPS) is 10.9. The van der Waals surface area contributed by atoms with Crippen LogP contribution in [0, 0.1) is 0 Å². The van der Waals surface area contributed by atoms with Gasteiger partial charge >= 0.3 is 0 Å². The van der Waals surface area contributed by atoms with E-state index in [1.807, 2.05) is 42.5 Å². The third kappa shape index (κ3) is 3.78. The molecule has 28 heavy (non-hydrogen) atoms. The zero-order valence-corrected chi connectivity index (χ0v) is 15.8. The van der Waals surface area contributed by atoms with Crippen molar-refractivity contribution in [1.82, 2.24) is 5.32 Å². The molecule has 0 aromatic heterocycles. The van der Waals surface area contributed by atoms with Gasteiger partial charge in [-0.3, -0.25) is 4.79 Å². The molecule has 0 saturated heterocycles. The summed E-state index contributed by atoms with van der Waals surface area (Å²) in [6.45, 7) is -0.652. The molecule has 0 fully saturated rings. The first-order chi connectivity index (χ1) is 13.6. The Labute approximate surface area is 163 Å². The molecule has 0 heterocycles. The van der Waals surface area contributed by atoms with E-state index in [0.29, 0.717) is 17.1 Å². The zero-order chi connectivity index (χ0) is 20.1. The highest BCUT2D eigenvalue weighted by atomic mass is 16.5. The number of nitrogens with one attached hydrogen (secondary N) is 1. The van der Waals surface area contributed by atoms with Crippen LogP contribution in [0.4, 0.5) is 0 Å². The first-order valence-corrected chi connectivity index (χ1v) is 8.89. The van der Waals surface area contributed by atoms with Crippen molar-refractivity contribution >= 4 is 16.7 Å². The van der Waals surface area contributed by atoms with Crippen LogP contribution in [0.25, 0.3) is 21.9 Å². The Morgan fingerprint density at radius 3 is 2.21 bits per heavy atom. The van der Waals surface area contributed by atoms with E-state index >= 15 is 0 Å². The lowest BCUT2D eigenvalue weighted by atomic mass is 9.95. The second-order valence-corrected chi connectivity index (χ2v) is 6.31. The molecular weight excluding hydrogens is 358 g/mol. The van der Waals surface area contributed by atoms with Crippen LogP contribution in [-0.2, 0) is 0 Å². The van der Waals surface area contributed by atoms with E-state index in [-0.39, 0.29) is 19.1 Å². The molecule has 3 aromatic carbocycles. The first-order valence-electron chi connectivity index (χ1n) is 8.89. The monoisotopic (exact) mass is 381 g/mol. The fourth-order valence-electron chi connectivity index (χ4n) is 3.18. The SMILES string of the molecule is COc1cccc(OC)c1-c1cccc2cc(C(=O)NC(CO)CO)ccc12. The standard InChI is InChI=1S/C22H23NO5/c1-27-19-7-4-8-20(28-2)21(19)18-6-3-5-14-11-15(9-10-17(14)18)22(26)23-16(12-24)13-25/h3-11,16,24-25H,12-13H2,1-2H3,(H,23,26). The number of benzene rings is 3. The van der Waals surface area contributed by atoms with Gasteiger partial charge in [-0.05, 0) is 40.6 Å². The van der Waals surface area contributed by atoms with E-state index < -0.39 is 6.04 Å². The van der Waals surface area contributed by atoms with Gasteiger partial charge in [-0.2, -0.15) is 0 Å². The van der Waals surface area contributed by atoms with E-state index in [1.54, 1.807) is 26.4 Å². The van der Waals surface area contributed by atoms with Gasteiger partial charge in [0.25, 0.3) is 5.91 Å². The fourth-order valence-corrected chi connectivity index (χ4v) is 3.18. The van der Waals surface area contributed by atoms with Crippen molar-refractivity contribution in [3.63, 3.8) is 0 Å². The van der Waals surface area contributed by atoms with Crippen molar-refractivity contribution in [1.29, 1.82) is 0 Å². The van der Waals surface area contributed by atoms with Gasteiger partial charge in [0.2, 0.25) is 0 Å². The Morgan fingerprint density at radius 2 is 1.61 bits per heavy atom. The number of fused-ring (bicyclic) bond motifs is 1. The molecule has 0 bridgehead atoms. The zero-order valence-electron chi connectivity index (χ0n) is 15.8. The van der Waals surface area contributed by atoms with E-state index in [2.05, 4.69) is 5.32 Å². The molecule has 0 aliphatic carbocycles. The lowest BCUT2D eigenvalue weighted by Gasteiger charge is -2.16. The number of aliphatic hydroxyl groups is 2. The first kappa shape index (κ1) is 19.7. The van der Waals surface area contributed by atoms with Gasteiger partial charge in [0.05, 0.1) is 39.0 Å². The molecule has 6 nitrogen and oxygen atoms in total. The van der Waals surface area contributed by atoms with Crippen LogP contribution in [0.5, 0.6) is 11.5 Å². The molecule has 146 valence electrons. The number of hydrogen-bond acceptors (Lipinski definition) is 5. The topological polar surface area (TPSA) is 88.0 Å². The molecule has 0 atom stereocenters. The summed E-state index contributed by atoms with van der Waals surface area (Å²) in [6.07, 6.45) is 0. The van der Waals surface area contributed by atoms with Crippen molar-refractivity contribution in [2.24, 2.45) is 0 Å². The highest BCUT2D eigenvalue weighted by Crippen LogP contribution is 2.41. The van der Waals surface area contributed by atoms with Crippen molar-refractivity contribution in [2.45, 2.75) is 6.04 Å². The van der Waals surface area contributed by atoms with Gasteiger partial charge in [0.1, 0.15) is 11.5 Å². The summed E-state index contributed by atoms with van der Waals surface area (Å²) in [7, 11) is 3.23. The summed E-state index contributed by atoms with van der Waals surface area (Å²) < 4.78 is 11.1. The Bertz CT molecular complexity index is 960. The third-order valence-corrected chi connectivity index (χ3v) is 4.62. The number of carbonyl (C=O) groups excluding carboxylic acids is 1. The van der Waals surface area contributed by atoms with Gasteiger partial charge in [-0.1, -0.05) is 30.3 Å². The molecule has 1 amide bonds. The third-order valence-electron chi connectivity index (χ3n) is 4.62. The number of ether oxygens (including phenoxy) is 2. The van der Waals surface area contributed by atoms with Crippen LogP contribution < -0.4 is 14.8 Å². The summed E-state index contributed by atoms with van der Waals surface area (Å²) >= 11 is 0. The second kappa shape index (κ2) is 8.73. The largest absolute Gasteiger partial charge is 0.496 e. The van der Waals surface area contributed by atoms with Gasteiger partial charge in [-0.15, -0.1) is 0 Å². The smallest absolute Gasteiger partial charge is 0.251 e. The van der Waals surface area contributed by atoms with Crippen molar-refractivity contribution in [3.05, 3.63) is 60.2 Å². The van der Waals surface area contributed by atoms with Crippen molar-refractivity contribution < 1.29 is 24.5 Å². The van der Waals surface area contributed by atoms with E-state index in [9.17, 15) is 4.79 Å². The van der Waals surface area contributed by atoms with Crippen LogP contribution in [0.3, 0.4) is 0 Å². The quantitative estimate of drug-likeness (QED) is 0.586. The van der Waals surface area contributed by atoms with Gasteiger partial charge in [0.15, 0.2) is 0 Å². The Morgan fingerprint density at radius 1 is 0.964 bits per heavy atom. The number of methoxy groups -OCH3 is 2. The molecule has 0 spiro atoms. The molecule has 3 rings (SSSR count). The highest BCUT2D eigenvalue weighted by Gasteiger charge is 2.17. The minimum absolute atomic E-state index is 0.326.